The van der Waals surface area contributed by atoms with E-state index in [2.05, 4.69) is 15.5 Å². The molecular formula is C16H15N3O4S. The molecule has 7 nitrogen and oxygen atoms in total. The molecule has 0 aliphatic carbocycles. The summed E-state index contributed by atoms with van der Waals surface area (Å²) >= 11 is 1.48. The van der Waals surface area contributed by atoms with Crippen LogP contribution in [0, 0.1) is 6.92 Å². The number of rotatable bonds is 3. The summed E-state index contributed by atoms with van der Waals surface area (Å²) in [6.45, 7) is 4.89. The lowest BCUT2D eigenvalue weighted by Gasteiger charge is -2.29. The van der Waals surface area contributed by atoms with E-state index < -0.39 is 17.7 Å². The average molecular weight is 345 g/mol. The van der Waals surface area contributed by atoms with E-state index in [0.29, 0.717) is 5.69 Å². The van der Waals surface area contributed by atoms with E-state index in [4.69, 9.17) is 9.47 Å². The Balaban J connectivity index is 1.79. The van der Waals surface area contributed by atoms with Gasteiger partial charge >= 0.3 is 11.9 Å². The van der Waals surface area contributed by atoms with Crippen LogP contribution in [0.1, 0.15) is 18.9 Å². The smallest absolute Gasteiger partial charge is 0.350 e. The number of aromatic nitrogens is 2. The third kappa shape index (κ3) is 3.43. The average Bonchev–Trinajstić information content (AvgIpc) is 2.92. The molecule has 2 aromatic rings. The van der Waals surface area contributed by atoms with Crippen molar-refractivity contribution in [3.05, 3.63) is 41.0 Å². The van der Waals surface area contributed by atoms with Crippen molar-refractivity contribution in [2.45, 2.75) is 26.6 Å². The second kappa shape index (κ2) is 6.04. The summed E-state index contributed by atoms with van der Waals surface area (Å²) in [4.78, 5) is 23.8. The Morgan fingerprint density at radius 3 is 2.50 bits per heavy atom. The minimum Gasteiger partial charge on any atom is -0.419 e. The summed E-state index contributed by atoms with van der Waals surface area (Å²) in [6.07, 6.45) is 1.28. The van der Waals surface area contributed by atoms with Gasteiger partial charge < -0.3 is 14.8 Å². The number of anilines is 1. The molecule has 1 aliphatic heterocycles. The van der Waals surface area contributed by atoms with E-state index in [1.54, 1.807) is 6.07 Å². The van der Waals surface area contributed by atoms with Gasteiger partial charge in [0.15, 0.2) is 5.57 Å². The van der Waals surface area contributed by atoms with Crippen molar-refractivity contribution in [3.8, 4) is 10.6 Å². The van der Waals surface area contributed by atoms with E-state index in [1.807, 2.05) is 25.1 Å². The molecule has 8 heteroatoms. The molecular weight excluding hydrogens is 330 g/mol. The largest absolute Gasteiger partial charge is 0.419 e. The highest BCUT2D eigenvalue weighted by atomic mass is 32.1. The molecule has 1 saturated heterocycles. The zero-order chi connectivity index (χ0) is 17.3. The molecule has 0 atom stereocenters. The first-order valence-electron chi connectivity index (χ1n) is 7.18. The first-order valence-corrected chi connectivity index (χ1v) is 8.00. The van der Waals surface area contributed by atoms with Crippen molar-refractivity contribution in [3.63, 3.8) is 0 Å². The molecule has 0 amide bonds. The van der Waals surface area contributed by atoms with Crippen LogP contribution in [0.15, 0.2) is 36.0 Å². The van der Waals surface area contributed by atoms with Gasteiger partial charge in [0.05, 0.1) is 0 Å². The van der Waals surface area contributed by atoms with Crippen LogP contribution in [0.25, 0.3) is 10.6 Å². The molecule has 1 aliphatic rings. The number of ether oxygens (including phenoxy) is 2. The van der Waals surface area contributed by atoms with Gasteiger partial charge in [-0.25, -0.2) is 9.59 Å². The number of cyclic esters (lactones) is 2. The van der Waals surface area contributed by atoms with Crippen LogP contribution in [-0.2, 0) is 19.1 Å². The number of nitrogens with zero attached hydrogens (tertiary/aromatic N) is 2. The fraction of sp³-hybridized carbons (Fsp3) is 0.250. The van der Waals surface area contributed by atoms with Gasteiger partial charge in [-0.3, -0.25) is 0 Å². The van der Waals surface area contributed by atoms with E-state index in [0.717, 1.165) is 15.6 Å². The fourth-order valence-electron chi connectivity index (χ4n) is 2.09. The van der Waals surface area contributed by atoms with Crippen LogP contribution in [0.3, 0.4) is 0 Å². The third-order valence-corrected chi connectivity index (χ3v) is 4.02. The topological polar surface area (TPSA) is 90.4 Å². The summed E-state index contributed by atoms with van der Waals surface area (Å²) in [5.41, 5.74) is 1.39. The van der Waals surface area contributed by atoms with Gasteiger partial charge in [-0.05, 0) is 19.1 Å². The number of nitrogens with one attached hydrogen (secondary N) is 1. The molecule has 1 fully saturated rings. The standard InChI is InChI=1S/C16H15N3O4S/c1-9-18-19-13(24-9)10-5-4-6-11(7-10)17-8-12-14(20)22-16(2,3)23-15(12)21/h4-8,17H,1-3H3. The summed E-state index contributed by atoms with van der Waals surface area (Å²) < 4.78 is 10.1. The fourth-order valence-corrected chi connectivity index (χ4v) is 2.78. The number of aryl methyl sites for hydroxylation is 1. The number of carbonyl (C=O) groups is 2. The summed E-state index contributed by atoms with van der Waals surface area (Å²) in [5, 5.41) is 12.7. The van der Waals surface area contributed by atoms with Gasteiger partial charge in [-0.15, -0.1) is 10.2 Å². The van der Waals surface area contributed by atoms with Crippen molar-refractivity contribution in [1.29, 1.82) is 0 Å². The molecule has 1 aromatic carbocycles. The normalized spacial score (nSPS) is 16.4. The molecule has 1 aromatic heterocycles. The maximum absolute atomic E-state index is 11.9. The van der Waals surface area contributed by atoms with Gasteiger partial charge in [0.2, 0.25) is 0 Å². The summed E-state index contributed by atoms with van der Waals surface area (Å²) in [5.74, 6) is -2.69. The summed E-state index contributed by atoms with van der Waals surface area (Å²) in [7, 11) is 0. The molecule has 24 heavy (non-hydrogen) atoms. The minimum atomic E-state index is -1.25. The van der Waals surface area contributed by atoms with E-state index in [-0.39, 0.29) is 5.57 Å². The molecule has 2 heterocycles. The van der Waals surface area contributed by atoms with Crippen molar-refractivity contribution >= 4 is 29.0 Å². The van der Waals surface area contributed by atoms with Gasteiger partial charge in [0, 0.05) is 31.3 Å². The van der Waals surface area contributed by atoms with E-state index >= 15 is 0 Å². The molecule has 124 valence electrons. The zero-order valence-electron chi connectivity index (χ0n) is 13.3. The predicted molar refractivity (Wildman–Crippen MR) is 88.1 cm³/mol. The second-order valence-corrected chi connectivity index (χ2v) is 6.77. The maximum atomic E-state index is 11.9. The van der Waals surface area contributed by atoms with Crippen LogP contribution in [0.4, 0.5) is 5.69 Å². The third-order valence-electron chi connectivity index (χ3n) is 3.14. The SMILES string of the molecule is Cc1nnc(-c2cccc(NC=C3C(=O)OC(C)(C)OC3=O)c2)s1. The maximum Gasteiger partial charge on any atom is 0.350 e. The molecule has 0 radical (unpaired) electrons. The Hall–Kier alpha value is -2.74. The number of benzene rings is 1. The Bertz CT molecular complexity index is 819. The second-order valence-electron chi connectivity index (χ2n) is 5.59. The minimum absolute atomic E-state index is 0.188. The zero-order valence-corrected chi connectivity index (χ0v) is 14.1. The lowest BCUT2D eigenvalue weighted by Crippen LogP contribution is -2.42. The number of esters is 2. The molecule has 0 spiro atoms. The predicted octanol–water partition coefficient (Wildman–Crippen LogP) is 2.65. The van der Waals surface area contributed by atoms with Gasteiger partial charge in [0.1, 0.15) is 10.0 Å². The van der Waals surface area contributed by atoms with E-state index in [1.165, 1.54) is 31.4 Å². The van der Waals surface area contributed by atoms with Crippen molar-refractivity contribution in [2.24, 2.45) is 0 Å². The molecule has 1 N–H and O–H groups in total. The highest BCUT2D eigenvalue weighted by Crippen LogP contribution is 2.26. The Labute approximate surface area is 142 Å². The molecule has 0 bridgehead atoms. The monoisotopic (exact) mass is 345 g/mol. The van der Waals surface area contributed by atoms with Gasteiger partial charge in [-0.2, -0.15) is 0 Å². The molecule has 0 saturated carbocycles. The summed E-state index contributed by atoms with van der Waals surface area (Å²) in [6, 6.07) is 7.40. The first kappa shape index (κ1) is 16.1. The Morgan fingerprint density at radius 1 is 1.17 bits per heavy atom. The Kier molecular flexibility index (Phi) is 4.06. The van der Waals surface area contributed by atoms with E-state index in [9.17, 15) is 9.59 Å². The number of hydrogen-bond acceptors (Lipinski definition) is 8. The lowest BCUT2D eigenvalue weighted by atomic mass is 10.2. The lowest BCUT2D eigenvalue weighted by molar-refractivity contribution is -0.222. The number of carbonyl (C=O) groups excluding carboxylic acids is 2. The van der Waals surface area contributed by atoms with Crippen LogP contribution < -0.4 is 5.32 Å². The van der Waals surface area contributed by atoms with Crippen LogP contribution in [0.5, 0.6) is 0 Å². The number of hydrogen-bond donors (Lipinski definition) is 1. The van der Waals surface area contributed by atoms with Gasteiger partial charge in [0.25, 0.3) is 5.79 Å². The molecule has 0 unspecified atom stereocenters. The van der Waals surface area contributed by atoms with Gasteiger partial charge in [-0.1, -0.05) is 23.5 Å². The first-order chi connectivity index (χ1) is 11.3. The van der Waals surface area contributed by atoms with Crippen LogP contribution >= 0.6 is 11.3 Å². The van der Waals surface area contributed by atoms with Crippen molar-refractivity contribution in [2.75, 3.05) is 5.32 Å². The quantitative estimate of drug-likeness (QED) is 0.519. The van der Waals surface area contributed by atoms with Crippen LogP contribution in [0.2, 0.25) is 0 Å². The van der Waals surface area contributed by atoms with Crippen molar-refractivity contribution < 1.29 is 19.1 Å². The van der Waals surface area contributed by atoms with Crippen LogP contribution in [-0.4, -0.2) is 27.9 Å². The highest BCUT2D eigenvalue weighted by molar-refractivity contribution is 7.14. The highest BCUT2D eigenvalue weighted by Gasteiger charge is 2.38. The van der Waals surface area contributed by atoms with Crippen molar-refractivity contribution in [1.82, 2.24) is 10.2 Å². The molecule has 3 rings (SSSR count). The Morgan fingerprint density at radius 2 is 1.88 bits per heavy atom.